The topological polar surface area (TPSA) is 93.9 Å². The van der Waals surface area contributed by atoms with Crippen molar-refractivity contribution in [3.63, 3.8) is 0 Å². The summed E-state index contributed by atoms with van der Waals surface area (Å²) in [6.07, 6.45) is 3.30. The molecule has 7 heteroatoms. The first-order valence-electron chi connectivity index (χ1n) is 7.52. The van der Waals surface area contributed by atoms with E-state index in [1.165, 1.54) is 0 Å². The highest BCUT2D eigenvalue weighted by Gasteiger charge is 2.26. The van der Waals surface area contributed by atoms with Gasteiger partial charge in [0.2, 0.25) is 11.8 Å². The van der Waals surface area contributed by atoms with Gasteiger partial charge in [0.15, 0.2) is 0 Å². The molecule has 1 saturated heterocycles. The lowest BCUT2D eigenvalue weighted by molar-refractivity contribution is -0.140. The molecule has 122 valence electrons. The van der Waals surface area contributed by atoms with Crippen molar-refractivity contribution in [1.29, 1.82) is 0 Å². The molecule has 7 nitrogen and oxygen atoms in total. The monoisotopic (exact) mass is 301 g/mol. The van der Waals surface area contributed by atoms with Crippen molar-refractivity contribution in [2.75, 3.05) is 46.6 Å². The second-order valence-corrected chi connectivity index (χ2v) is 5.12. The maximum atomic E-state index is 12.2. The van der Waals surface area contributed by atoms with E-state index >= 15 is 0 Å². The van der Waals surface area contributed by atoms with E-state index in [0.717, 1.165) is 25.8 Å². The Morgan fingerprint density at radius 2 is 2.14 bits per heavy atom. The molecule has 0 aromatic carbocycles. The van der Waals surface area contributed by atoms with Gasteiger partial charge in [-0.05, 0) is 19.3 Å². The summed E-state index contributed by atoms with van der Waals surface area (Å²) in [5, 5.41) is 2.84. The molecule has 1 unspecified atom stereocenters. The third kappa shape index (κ3) is 6.88. The van der Waals surface area contributed by atoms with Gasteiger partial charge in [-0.1, -0.05) is 0 Å². The van der Waals surface area contributed by atoms with Crippen LogP contribution in [0, 0.1) is 0 Å². The average molecular weight is 301 g/mol. The van der Waals surface area contributed by atoms with Crippen molar-refractivity contribution >= 4 is 11.8 Å². The molecule has 0 saturated carbocycles. The van der Waals surface area contributed by atoms with E-state index in [0.29, 0.717) is 32.7 Å². The smallest absolute Gasteiger partial charge is 0.248 e. The van der Waals surface area contributed by atoms with Crippen LogP contribution in [0.1, 0.15) is 25.7 Å². The lowest BCUT2D eigenvalue weighted by atomic mass is 10.0. The molecule has 0 aromatic heterocycles. The molecule has 0 radical (unpaired) electrons. The molecule has 3 N–H and O–H groups in total. The van der Waals surface area contributed by atoms with Crippen LogP contribution in [-0.2, 0) is 19.1 Å². The Hall–Kier alpha value is -1.18. The standard InChI is InChI=1S/C14H27N3O4/c1-20-8-9-21-11-14(19)17-7-3-2-4-12(17)10-16-13(18)5-6-15/h12H,2-11,15H2,1H3,(H,16,18). The predicted octanol–water partition coefficient (Wildman–Crippen LogP) is -0.504. The van der Waals surface area contributed by atoms with Crippen molar-refractivity contribution in [3.05, 3.63) is 0 Å². The number of ether oxygens (including phenoxy) is 2. The molecule has 0 aliphatic carbocycles. The Labute approximate surface area is 126 Å². The SMILES string of the molecule is COCCOCC(=O)N1CCCCC1CNC(=O)CCN. The largest absolute Gasteiger partial charge is 0.382 e. The van der Waals surface area contributed by atoms with Crippen molar-refractivity contribution < 1.29 is 19.1 Å². The zero-order valence-corrected chi connectivity index (χ0v) is 12.8. The first-order valence-corrected chi connectivity index (χ1v) is 7.52. The number of rotatable bonds is 9. The van der Waals surface area contributed by atoms with Gasteiger partial charge >= 0.3 is 0 Å². The van der Waals surface area contributed by atoms with E-state index in [2.05, 4.69) is 5.32 Å². The van der Waals surface area contributed by atoms with Crippen LogP contribution in [0.4, 0.5) is 0 Å². The molecule has 1 heterocycles. The van der Waals surface area contributed by atoms with Gasteiger partial charge in [-0.2, -0.15) is 0 Å². The molecular formula is C14H27N3O4. The Bertz CT molecular complexity index is 325. The van der Waals surface area contributed by atoms with Gasteiger partial charge in [0.05, 0.1) is 13.2 Å². The van der Waals surface area contributed by atoms with Crippen LogP contribution < -0.4 is 11.1 Å². The van der Waals surface area contributed by atoms with Crippen molar-refractivity contribution in [2.24, 2.45) is 5.73 Å². The number of likely N-dealkylation sites (tertiary alicyclic amines) is 1. The van der Waals surface area contributed by atoms with E-state index in [-0.39, 0.29) is 24.5 Å². The number of nitrogens with two attached hydrogens (primary N) is 1. The maximum absolute atomic E-state index is 12.2. The molecule has 1 aliphatic heterocycles. The third-order valence-corrected chi connectivity index (χ3v) is 3.51. The van der Waals surface area contributed by atoms with Gasteiger partial charge in [0.25, 0.3) is 0 Å². The molecule has 1 aliphatic rings. The summed E-state index contributed by atoms with van der Waals surface area (Å²) in [6, 6.07) is 0.0546. The Morgan fingerprint density at radius 1 is 1.33 bits per heavy atom. The van der Waals surface area contributed by atoms with Crippen LogP contribution in [0.3, 0.4) is 0 Å². The van der Waals surface area contributed by atoms with E-state index in [4.69, 9.17) is 15.2 Å². The van der Waals surface area contributed by atoms with E-state index in [1.807, 2.05) is 4.90 Å². The van der Waals surface area contributed by atoms with E-state index < -0.39 is 0 Å². The first-order chi connectivity index (χ1) is 10.2. The maximum Gasteiger partial charge on any atom is 0.248 e. The molecule has 0 aromatic rings. The minimum absolute atomic E-state index is 0.0242. The first kappa shape index (κ1) is 17.9. The molecule has 0 spiro atoms. The molecule has 2 amide bonds. The highest BCUT2D eigenvalue weighted by atomic mass is 16.5. The van der Waals surface area contributed by atoms with Crippen LogP contribution in [0.15, 0.2) is 0 Å². The second-order valence-electron chi connectivity index (χ2n) is 5.12. The highest BCUT2D eigenvalue weighted by Crippen LogP contribution is 2.16. The fourth-order valence-electron chi connectivity index (χ4n) is 2.38. The third-order valence-electron chi connectivity index (χ3n) is 3.51. The van der Waals surface area contributed by atoms with Crippen LogP contribution >= 0.6 is 0 Å². The number of nitrogens with zero attached hydrogens (tertiary/aromatic N) is 1. The number of hydrogen-bond donors (Lipinski definition) is 2. The Kier molecular flexibility index (Phi) is 8.96. The van der Waals surface area contributed by atoms with Gasteiger partial charge in [-0.3, -0.25) is 9.59 Å². The average Bonchev–Trinajstić information content (AvgIpc) is 2.50. The molecule has 1 fully saturated rings. The summed E-state index contributed by atoms with van der Waals surface area (Å²) in [5.41, 5.74) is 5.34. The van der Waals surface area contributed by atoms with Crippen LogP contribution in [0.5, 0.6) is 0 Å². The zero-order valence-electron chi connectivity index (χ0n) is 12.8. The summed E-state index contributed by atoms with van der Waals surface area (Å²) in [4.78, 5) is 25.5. The summed E-state index contributed by atoms with van der Waals surface area (Å²) >= 11 is 0. The number of methoxy groups -OCH3 is 1. The minimum Gasteiger partial charge on any atom is -0.382 e. The Morgan fingerprint density at radius 3 is 2.86 bits per heavy atom. The van der Waals surface area contributed by atoms with Crippen molar-refractivity contribution in [3.8, 4) is 0 Å². The van der Waals surface area contributed by atoms with E-state index in [1.54, 1.807) is 7.11 Å². The number of carbonyl (C=O) groups excluding carboxylic acids is 2. The van der Waals surface area contributed by atoms with Gasteiger partial charge in [0.1, 0.15) is 6.61 Å². The van der Waals surface area contributed by atoms with Crippen LogP contribution in [-0.4, -0.2) is 69.3 Å². The van der Waals surface area contributed by atoms with Crippen molar-refractivity contribution in [1.82, 2.24) is 10.2 Å². The molecular weight excluding hydrogens is 274 g/mol. The highest BCUT2D eigenvalue weighted by molar-refractivity contribution is 5.78. The number of carbonyl (C=O) groups is 2. The summed E-state index contributed by atoms with van der Waals surface area (Å²) in [7, 11) is 1.59. The summed E-state index contributed by atoms with van der Waals surface area (Å²) in [6.45, 7) is 2.51. The van der Waals surface area contributed by atoms with Crippen LogP contribution in [0.2, 0.25) is 0 Å². The zero-order chi connectivity index (χ0) is 15.5. The van der Waals surface area contributed by atoms with Crippen molar-refractivity contribution in [2.45, 2.75) is 31.7 Å². The quantitative estimate of drug-likeness (QED) is 0.560. The number of piperidine rings is 1. The minimum atomic E-state index is -0.0631. The van der Waals surface area contributed by atoms with Gasteiger partial charge in [-0.15, -0.1) is 0 Å². The van der Waals surface area contributed by atoms with Crippen LogP contribution in [0.25, 0.3) is 0 Å². The van der Waals surface area contributed by atoms with Gasteiger partial charge in [-0.25, -0.2) is 0 Å². The number of amides is 2. The number of hydrogen-bond acceptors (Lipinski definition) is 5. The van der Waals surface area contributed by atoms with E-state index in [9.17, 15) is 9.59 Å². The second kappa shape index (κ2) is 10.5. The molecule has 21 heavy (non-hydrogen) atoms. The summed E-state index contributed by atoms with van der Waals surface area (Å²) in [5.74, 6) is -0.0873. The number of nitrogens with one attached hydrogen (secondary N) is 1. The molecule has 1 atom stereocenters. The lowest BCUT2D eigenvalue weighted by Crippen LogP contribution is -2.50. The molecule has 0 bridgehead atoms. The summed E-state index contributed by atoms with van der Waals surface area (Å²) < 4.78 is 10.2. The Balaban J connectivity index is 2.37. The molecule has 1 rings (SSSR count). The lowest BCUT2D eigenvalue weighted by Gasteiger charge is -2.35. The fraction of sp³-hybridized carbons (Fsp3) is 0.857. The van der Waals surface area contributed by atoms with Gasteiger partial charge < -0.3 is 25.4 Å². The predicted molar refractivity (Wildman–Crippen MR) is 78.7 cm³/mol. The fourth-order valence-corrected chi connectivity index (χ4v) is 2.38. The van der Waals surface area contributed by atoms with Gasteiger partial charge in [0, 0.05) is 39.2 Å². The normalized spacial score (nSPS) is 18.6.